The molecular weight excluding hydrogens is 389 g/mol. The van der Waals surface area contributed by atoms with Gasteiger partial charge in [-0.3, -0.25) is 4.79 Å². The lowest BCUT2D eigenvalue weighted by Crippen LogP contribution is -2.26. The molecule has 0 aliphatic rings. The molecule has 2 aromatic carbocycles. The highest BCUT2D eigenvalue weighted by atomic mass is 79.9. The number of hydrogen-bond acceptors (Lipinski definition) is 1. The van der Waals surface area contributed by atoms with Crippen molar-refractivity contribution in [1.29, 1.82) is 0 Å². The van der Waals surface area contributed by atoms with Crippen molar-refractivity contribution < 1.29 is 9.18 Å². The monoisotopic (exact) mass is 399 g/mol. The molecule has 0 aromatic heterocycles. The molecule has 5 heteroatoms. The smallest absolute Gasteiger partial charge is 0.239 e. The molecule has 2 aromatic rings. The summed E-state index contributed by atoms with van der Waals surface area (Å²) in [6, 6.07) is 15.3. The standard InChI is InChI=1S/C15H12Br2FNO/c16-13(10-4-2-1-3-5-10)14(17)15(20)19-12-8-6-11(18)7-9-12/h1-9,13-14H,(H,19,20)/t13-,14+/m0/s1. The number of alkyl halides is 2. The first-order valence-corrected chi connectivity index (χ1v) is 7.80. The maximum absolute atomic E-state index is 12.8. The molecule has 0 bridgehead atoms. The van der Waals surface area contributed by atoms with E-state index in [-0.39, 0.29) is 16.6 Å². The minimum absolute atomic E-state index is 0.149. The Balaban J connectivity index is 2.03. The Labute approximate surface area is 133 Å². The number of rotatable bonds is 4. The number of benzene rings is 2. The summed E-state index contributed by atoms with van der Waals surface area (Å²) in [5.41, 5.74) is 1.57. The van der Waals surface area contributed by atoms with Crippen molar-refractivity contribution in [2.24, 2.45) is 0 Å². The summed E-state index contributed by atoms with van der Waals surface area (Å²) in [6.45, 7) is 0. The van der Waals surface area contributed by atoms with Gasteiger partial charge in [0.05, 0.1) is 4.83 Å². The Kier molecular flexibility index (Phi) is 5.31. The van der Waals surface area contributed by atoms with Gasteiger partial charge in [-0.25, -0.2) is 4.39 Å². The molecule has 0 radical (unpaired) electrons. The molecule has 0 aliphatic carbocycles. The minimum atomic E-state index is -0.435. The lowest BCUT2D eigenvalue weighted by atomic mass is 10.1. The van der Waals surface area contributed by atoms with Crippen LogP contribution in [-0.4, -0.2) is 10.7 Å². The molecular formula is C15H12Br2FNO. The number of anilines is 1. The highest BCUT2D eigenvalue weighted by Crippen LogP contribution is 2.31. The number of nitrogens with one attached hydrogen (secondary N) is 1. The second kappa shape index (κ2) is 6.99. The van der Waals surface area contributed by atoms with Gasteiger partial charge in [0.2, 0.25) is 5.91 Å². The third-order valence-corrected chi connectivity index (χ3v) is 5.45. The van der Waals surface area contributed by atoms with E-state index in [0.29, 0.717) is 5.69 Å². The van der Waals surface area contributed by atoms with E-state index in [1.807, 2.05) is 30.3 Å². The van der Waals surface area contributed by atoms with Crippen molar-refractivity contribution in [3.63, 3.8) is 0 Å². The third-order valence-electron chi connectivity index (χ3n) is 2.74. The van der Waals surface area contributed by atoms with Gasteiger partial charge in [-0.05, 0) is 29.8 Å². The molecule has 0 spiro atoms. The van der Waals surface area contributed by atoms with Gasteiger partial charge in [0.25, 0.3) is 0 Å². The molecule has 0 heterocycles. The molecule has 104 valence electrons. The molecule has 2 rings (SSSR count). The fourth-order valence-electron chi connectivity index (χ4n) is 1.68. The lowest BCUT2D eigenvalue weighted by molar-refractivity contribution is -0.115. The molecule has 0 fully saturated rings. The van der Waals surface area contributed by atoms with E-state index in [9.17, 15) is 9.18 Å². The molecule has 0 aliphatic heterocycles. The van der Waals surface area contributed by atoms with Gasteiger partial charge in [-0.1, -0.05) is 62.2 Å². The Morgan fingerprint density at radius 2 is 1.60 bits per heavy atom. The largest absolute Gasteiger partial charge is 0.325 e. The van der Waals surface area contributed by atoms with Crippen molar-refractivity contribution >= 4 is 43.5 Å². The van der Waals surface area contributed by atoms with Gasteiger partial charge in [-0.15, -0.1) is 0 Å². The summed E-state index contributed by atoms with van der Waals surface area (Å²) in [4.78, 5) is 11.5. The van der Waals surface area contributed by atoms with Crippen LogP contribution in [0.25, 0.3) is 0 Å². The normalized spacial score (nSPS) is 13.6. The number of amides is 1. The fourth-order valence-corrected chi connectivity index (χ4v) is 2.65. The predicted octanol–water partition coefficient (Wildman–Crippen LogP) is 4.66. The van der Waals surface area contributed by atoms with E-state index in [4.69, 9.17) is 0 Å². The summed E-state index contributed by atoms with van der Waals surface area (Å²) in [5.74, 6) is -0.525. The number of carbonyl (C=O) groups excluding carboxylic acids is 1. The van der Waals surface area contributed by atoms with Crippen LogP contribution in [0.15, 0.2) is 54.6 Å². The first-order valence-electron chi connectivity index (χ1n) is 5.97. The van der Waals surface area contributed by atoms with Gasteiger partial charge in [-0.2, -0.15) is 0 Å². The average Bonchev–Trinajstić information content (AvgIpc) is 2.49. The molecule has 2 atom stereocenters. The fraction of sp³-hybridized carbons (Fsp3) is 0.133. The van der Waals surface area contributed by atoms with E-state index in [0.717, 1.165) is 5.56 Å². The van der Waals surface area contributed by atoms with Gasteiger partial charge in [0, 0.05) is 5.69 Å². The van der Waals surface area contributed by atoms with Crippen LogP contribution in [0.4, 0.5) is 10.1 Å². The highest BCUT2D eigenvalue weighted by Gasteiger charge is 2.24. The maximum Gasteiger partial charge on any atom is 0.239 e. The summed E-state index contributed by atoms with van der Waals surface area (Å²) < 4.78 is 12.8. The first-order chi connectivity index (χ1) is 9.58. The van der Waals surface area contributed by atoms with Gasteiger partial charge in [0.1, 0.15) is 10.6 Å². The van der Waals surface area contributed by atoms with Crippen LogP contribution >= 0.6 is 31.9 Å². The van der Waals surface area contributed by atoms with E-state index in [1.165, 1.54) is 24.3 Å². The zero-order chi connectivity index (χ0) is 14.5. The predicted molar refractivity (Wildman–Crippen MR) is 85.9 cm³/mol. The Morgan fingerprint density at radius 3 is 2.20 bits per heavy atom. The maximum atomic E-state index is 12.8. The second-order valence-corrected chi connectivity index (χ2v) is 6.18. The summed E-state index contributed by atoms with van der Waals surface area (Å²) >= 11 is 6.89. The zero-order valence-corrected chi connectivity index (χ0v) is 13.6. The minimum Gasteiger partial charge on any atom is -0.325 e. The van der Waals surface area contributed by atoms with Crippen molar-refractivity contribution in [2.45, 2.75) is 9.65 Å². The van der Waals surface area contributed by atoms with E-state index in [1.54, 1.807) is 0 Å². The third kappa shape index (κ3) is 3.90. The molecule has 20 heavy (non-hydrogen) atoms. The van der Waals surface area contributed by atoms with E-state index < -0.39 is 4.83 Å². The Hall–Kier alpha value is -1.20. The molecule has 1 N–H and O–H groups in total. The summed E-state index contributed by atoms with van der Waals surface area (Å²) in [5, 5.41) is 2.74. The van der Waals surface area contributed by atoms with Crippen LogP contribution in [0.5, 0.6) is 0 Å². The van der Waals surface area contributed by atoms with E-state index in [2.05, 4.69) is 37.2 Å². The number of halogens is 3. The highest BCUT2D eigenvalue weighted by molar-refractivity contribution is 9.12. The molecule has 0 unspecified atom stereocenters. The first kappa shape index (κ1) is 15.2. The van der Waals surface area contributed by atoms with Crippen molar-refractivity contribution in [1.82, 2.24) is 0 Å². The van der Waals surface area contributed by atoms with Gasteiger partial charge < -0.3 is 5.32 Å². The van der Waals surface area contributed by atoms with Crippen LogP contribution in [0.3, 0.4) is 0 Å². The number of carbonyl (C=O) groups is 1. The molecule has 0 saturated heterocycles. The summed E-state index contributed by atoms with van der Waals surface area (Å²) in [7, 11) is 0. The summed E-state index contributed by atoms with van der Waals surface area (Å²) in [6.07, 6.45) is 0. The van der Waals surface area contributed by atoms with Crippen LogP contribution < -0.4 is 5.32 Å². The van der Waals surface area contributed by atoms with Crippen molar-refractivity contribution in [3.05, 3.63) is 66.0 Å². The quantitative estimate of drug-likeness (QED) is 0.742. The zero-order valence-electron chi connectivity index (χ0n) is 10.4. The number of hydrogen-bond donors (Lipinski definition) is 1. The Bertz CT molecular complexity index is 574. The van der Waals surface area contributed by atoms with E-state index >= 15 is 0 Å². The van der Waals surface area contributed by atoms with Crippen molar-refractivity contribution in [3.8, 4) is 0 Å². The lowest BCUT2D eigenvalue weighted by Gasteiger charge is -2.17. The molecule has 2 nitrogen and oxygen atoms in total. The van der Waals surface area contributed by atoms with Crippen LogP contribution in [-0.2, 0) is 4.79 Å². The molecule has 0 saturated carbocycles. The Morgan fingerprint density at radius 1 is 1.00 bits per heavy atom. The van der Waals surface area contributed by atoms with Crippen LogP contribution in [0.2, 0.25) is 0 Å². The van der Waals surface area contributed by atoms with Crippen LogP contribution in [0.1, 0.15) is 10.4 Å². The van der Waals surface area contributed by atoms with Crippen molar-refractivity contribution in [2.75, 3.05) is 5.32 Å². The molecule has 1 amide bonds. The van der Waals surface area contributed by atoms with Gasteiger partial charge >= 0.3 is 0 Å². The average molecular weight is 401 g/mol. The topological polar surface area (TPSA) is 29.1 Å². The van der Waals surface area contributed by atoms with Crippen LogP contribution in [0, 0.1) is 5.82 Å². The SMILES string of the molecule is O=C(Nc1ccc(F)cc1)[C@H](Br)[C@@H](Br)c1ccccc1. The second-order valence-electron chi connectivity index (χ2n) is 4.21. The van der Waals surface area contributed by atoms with Gasteiger partial charge in [0.15, 0.2) is 0 Å².